The number of ether oxygens (including phenoxy) is 3. The number of unbranched alkanes of at least 4 members (excludes halogenated alkanes) is 30. The summed E-state index contributed by atoms with van der Waals surface area (Å²) in [7, 11) is 0. The van der Waals surface area contributed by atoms with Crippen molar-refractivity contribution in [3.63, 3.8) is 0 Å². The lowest BCUT2D eigenvalue weighted by Gasteiger charge is -2.18. The van der Waals surface area contributed by atoms with Crippen LogP contribution in [0.2, 0.25) is 0 Å². The lowest BCUT2D eigenvalue weighted by molar-refractivity contribution is -0.167. The van der Waals surface area contributed by atoms with E-state index in [2.05, 4.69) is 27.7 Å². The van der Waals surface area contributed by atoms with E-state index < -0.39 is 6.10 Å². The third-order valence-corrected chi connectivity index (χ3v) is 10.8. The Morgan fingerprint density at radius 1 is 0.352 bits per heavy atom. The van der Waals surface area contributed by atoms with Gasteiger partial charge in [-0.3, -0.25) is 14.4 Å². The minimum absolute atomic E-state index is 0.0648. The average molecular weight is 765 g/mol. The van der Waals surface area contributed by atoms with Gasteiger partial charge in [0.1, 0.15) is 13.2 Å². The van der Waals surface area contributed by atoms with Crippen molar-refractivity contribution in [1.82, 2.24) is 0 Å². The van der Waals surface area contributed by atoms with Gasteiger partial charge >= 0.3 is 17.9 Å². The third kappa shape index (κ3) is 41.6. The molecule has 0 aliphatic carbocycles. The van der Waals surface area contributed by atoms with Crippen molar-refractivity contribution in [1.29, 1.82) is 0 Å². The van der Waals surface area contributed by atoms with Crippen molar-refractivity contribution in [3.05, 3.63) is 0 Å². The zero-order chi connectivity index (χ0) is 39.6. The summed E-state index contributed by atoms with van der Waals surface area (Å²) < 4.78 is 16.6. The molecular weight excluding hydrogens is 673 g/mol. The van der Waals surface area contributed by atoms with Gasteiger partial charge in [0, 0.05) is 19.3 Å². The number of carbonyl (C=O) groups is 3. The zero-order valence-electron chi connectivity index (χ0n) is 36.7. The largest absolute Gasteiger partial charge is 0.462 e. The molecular formula is C48H92O6. The normalized spacial score (nSPS) is 11.9. The maximum atomic E-state index is 12.5. The monoisotopic (exact) mass is 765 g/mol. The third-order valence-electron chi connectivity index (χ3n) is 10.8. The molecule has 0 rings (SSSR count). The number of hydrogen-bond donors (Lipinski definition) is 0. The van der Waals surface area contributed by atoms with E-state index in [0.29, 0.717) is 19.3 Å². The second-order valence-electron chi connectivity index (χ2n) is 16.9. The lowest BCUT2D eigenvalue weighted by atomic mass is 10.0. The topological polar surface area (TPSA) is 78.9 Å². The van der Waals surface area contributed by atoms with Crippen LogP contribution < -0.4 is 0 Å². The van der Waals surface area contributed by atoms with E-state index in [1.165, 1.54) is 154 Å². The van der Waals surface area contributed by atoms with Gasteiger partial charge in [0.15, 0.2) is 6.10 Å². The van der Waals surface area contributed by atoms with Crippen LogP contribution in [-0.2, 0) is 28.6 Å². The first-order valence-corrected chi connectivity index (χ1v) is 23.9. The van der Waals surface area contributed by atoms with Gasteiger partial charge in [-0.25, -0.2) is 0 Å². The van der Waals surface area contributed by atoms with Crippen molar-refractivity contribution < 1.29 is 28.6 Å². The second-order valence-corrected chi connectivity index (χ2v) is 16.9. The molecule has 0 bridgehead atoms. The molecule has 0 saturated carbocycles. The van der Waals surface area contributed by atoms with Crippen molar-refractivity contribution in [2.75, 3.05) is 13.2 Å². The summed E-state index contributed by atoms with van der Waals surface area (Å²) in [5.41, 5.74) is 0. The summed E-state index contributed by atoms with van der Waals surface area (Å²) in [5.74, 6) is -0.0159. The molecule has 0 aliphatic heterocycles. The molecule has 0 aromatic heterocycles. The Bertz CT molecular complexity index is 811. The minimum Gasteiger partial charge on any atom is -0.462 e. The highest BCUT2D eigenvalue weighted by atomic mass is 16.6. The number of carbonyl (C=O) groups excluding carboxylic acids is 3. The van der Waals surface area contributed by atoms with E-state index in [1.54, 1.807) is 0 Å². The molecule has 0 spiro atoms. The first kappa shape index (κ1) is 52.4. The number of rotatable bonds is 43. The van der Waals surface area contributed by atoms with Crippen LogP contribution in [0.4, 0.5) is 0 Å². The van der Waals surface area contributed by atoms with Gasteiger partial charge in [-0.15, -0.1) is 0 Å². The first-order chi connectivity index (χ1) is 26.4. The second kappa shape index (κ2) is 42.6. The molecule has 0 N–H and O–H groups in total. The fourth-order valence-electron chi connectivity index (χ4n) is 7.16. The molecule has 54 heavy (non-hydrogen) atoms. The highest BCUT2D eigenvalue weighted by Crippen LogP contribution is 2.17. The Morgan fingerprint density at radius 3 is 0.907 bits per heavy atom. The first-order valence-electron chi connectivity index (χ1n) is 23.9. The van der Waals surface area contributed by atoms with Crippen molar-refractivity contribution in [2.45, 2.75) is 271 Å². The Kier molecular flexibility index (Phi) is 41.3. The summed E-state index contributed by atoms with van der Waals surface area (Å²) >= 11 is 0. The Balaban J connectivity index is 4.08. The fraction of sp³-hybridized carbons (Fsp3) is 0.938. The highest BCUT2D eigenvalue weighted by molar-refractivity contribution is 5.71. The van der Waals surface area contributed by atoms with Crippen LogP contribution in [0.5, 0.6) is 0 Å². The molecule has 0 radical (unpaired) electrons. The fourth-order valence-corrected chi connectivity index (χ4v) is 7.16. The summed E-state index contributed by atoms with van der Waals surface area (Å²) in [6.45, 7) is 8.94. The number of esters is 3. The molecule has 0 unspecified atom stereocenters. The van der Waals surface area contributed by atoms with E-state index in [-0.39, 0.29) is 31.1 Å². The SMILES string of the molecule is CCCCCCCCCCCCCCCC(=O)OC[C@@H](COC(=O)CCCCCCCCCCCCCCCCCC(C)C)OC(=O)CCCCCCC. The summed E-state index contributed by atoms with van der Waals surface area (Å²) in [6.07, 6.45) is 42.6. The van der Waals surface area contributed by atoms with Crippen molar-refractivity contribution >= 4 is 17.9 Å². The van der Waals surface area contributed by atoms with Gasteiger partial charge in [-0.2, -0.15) is 0 Å². The summed E-state index contributed by atoms with van der Waals surface area (Å²) in [4.78, 5) is 37.5. The van der Waals surface area contributed by atoms with Gasteiger partial charge in [-0.1, -0.05) is 227 Å². The molecule has 0 aromatic carbocycles. The molecule has 0 heterocycles. The van der Waals surface area contributed by atoms with Crippen LogP contribution >= 0.6 is 0 Å². The van der Waals surface area contributed by atoms with Gasteiger partial charge in [0.25, 0.3) is 0 Å². The van der Waals surface area contributed by atoms with Gasteiger partial charge in [0.2, 0.25) is 0 Å². The molecule has 6 heteroatoms. The molecule has 0 saturated heterocycles. The summed E-state index contributed by atoms with van der Waals surface area (Å²) in [5, 5.41) is 0. The van der Waals surface area contributed by atoms with Crippen LogP contribution in [0, 0.1) is 5.92 Å². The van der Waals surface area contributed by atoms with Crippen molar-refractivity contribution in [2.24, 2.45) is 5.92 Å². The quantitative estimate of drug-likeness (QED) is 0.0349. The molecule has 320 valence electrons. The minimum atomic E-state index is -0.757. The number of hydrogen-bond acceptors (Lipinski definition) is 6. The Hall–Kier alpha value is -1.59. The van der Waals surface area contributed by atoms with Crippen LogP contribution in [-0.4, -0.2) is 37.2 Å². The highest BCUT2D eigenvalue weighted by Gasteiger charge is 2.19. The van der Waals surface area contributed by atoms with Gasteiger partial charge in [-0.05, 0) is 25.2 Å². The maximum absolute atomic E-state index is 12.5. The Morgan fingerprint density at radius 2 is 0.611 bits per heavy atom. The van der Waals surface area contributed by atoms with E-state index in [1.807, 2.05) is 0 Å². The molecule has 0 aliphatic rings. The smallest absolute Gasteiger partial charge is 0.306 e. The van der Waals surface area contributed by atoms with Gasteiger partial charge in [0.05, 0.1) is 0 Å². The molecule has 0 aromatic rings. The van der Waals surface area contributed by atoms with Crippen molar-refractivity contribution in [3.8, 4) is 0 Å². The molecule has 0 amide bonds. The van der Waals surface area contributed by atoms with E-state index in [4.69, 9.17) is 14.2 Å². The maximum Gasteiger partial charge on any atom is 0.306 e. The molecule has 6 nitrogen and oxygen atoms in total. The predicted octanol–water partition coefficient (Wildman–Crippen LogP) is 15.1. The van der Waals surface area contributed by atoms with E-state index >= 15 is 0 Å². The molecule has 0 fully saturated rings. The lowest BCUT2D eigenvalue weighted by Crippen LogP contribution is -2.30. The van der Waals surface area contributed by atoms with Crippen LogP contribution in [0.25, 0.3) is 0 Å². The predicted molar refractivity (Wildman–Crippen MR) is 229 cm³/mol. The van der Waals surface area contributed by atoms with Gasteiger partial charge < -0.3 is 14.2 Å². The molecule has 1 atom stereocenters. The Labute approximate surface area is 336 Å². The van der Waals surface area contributed by atoms with Crippen LogP contribution in [0.3, 0.4) is 0 Å². The summed E-state index contributed by atoms with van der Waals surface area (Å²) in [6, 6.07) is 0. The van der Waals surface area contributed by atoms with E-state index in [0.717, 1.165) is 70.1 Å². The zero-order valence-corrected chi connectivity index (χ0v) is 36.7. The van der Waals surface area contributed by atoms with E-state index in [9.17, 15) is 14.4 Å². The van der Waals surface area contributed by atoms with Crippen LogP contribution in [0.1, 0.15) is 265 Å². The van der Waals surface area contributed by atoms with Crippen LogP contribution in [0.15, 0.2) is 0 Å². The average Bonchev–Trinajstić information content (AvgIpc) is 3.15. The standard InChI is InChI=1S/C48H92O6/c1-5-7-9-11-12-13-14-18-22-25-28-32-35-39-46(49)52-42-45(54-48(51)41-37-30-10-8-6-2)43-53-47(50)40-36-33-29-26-23-20-17-15-16-19-21-24-27-31-34-38-44(3)4/h44-45H,5-43H2,1-4H3/t45-/m0/s1.